The standard InChI is InChI=1S/C25H34FN6O7P/c1-6-27-21-19-22(29-13-28-21)32(14-30-19)24-25(5,26)20(33)18(38-24)12-36-40(35,39-17-10-8-7-9-11-17)31-16(4)23(34)37-15(2)3/h7-11,13-16,18,20,24,33H,6,12H2,1-5H3,(H,31,35)(H,27,28,29)/t16-,18+,20+,24+,25+,40+/m0/s1. The minimum absolute atomic E-state index is 0.199. The Kier molecular flexibility index (Phi) is 9.06. The molecule has 3 heterocycles. The van der Waals surface area contributed by atoms with Crippen molar-refractivity contribution in [3.05, 3.63) is 43.0 Å². The fourth-order valence-corrected chi connectivity index (χ4v) is 5.68. The van der Waals surface area contributed by atoms with Crippen LogP contribution in [-0.2, 0) is 23.4 Å². The van der Waals surface area contributed by atoms with E-state index in [-0.39, 0.29) is 5.75 Å². The van der Waals surface area contributed by atoms with Crippen molar-refractivity contribution < 1.29 is 37.4 Å². The number of benzene rings is 1. The molecule has 1 aromatic carbocycles. The van der Waals surface area contributed by atoms with Crippen molar-refractivity contribution in [2.75, 3.05) is 18.5 Å². The van der Waals surface area contributed by atoms with Crippen molar-refractivity contribution in [2.24, 2.45) is 0 Å². The number of nitrogens with zero attached hydrogens (tertiary/aromatic N) is 4. The molecule has 4 rings (SSSR count). The molecular formula is C25H34FN6O7P. The number of nitrogens with one attached hydrogen (secondary N) is 2. The van der Waals surface area contributed by atoms with Crippen LogP contribution < -0.4 is 14.9 Å². The molecule has 1 saturated heterocycles. The van der Waals surface area contributed by atoms with E-state index in [1.165, 1.54) is 31.1 Å². The van der Waals surface area contributed by atoms with Gasteiger partial charge in [0.25, 0.3) is 0 Å². The third kappa shape index (κ3) is 6.42. The number of para-hydroxylation sites is 1. The van der Waals surface area contributed by atoms with Crippen molar-refractivity contribution in [3.8, 4) is 5.75 Å². The second-order valence-corrected chi connectivity index (χ2v) is 11.4. The van der Waals surface area contributed by atoms with E-state index in [2.05, 4.69) is 25.4 Å². The van der Waals surface area contributed by atoms with Gasteiger partial charge in [-0.05, 0) is 46.8 Å². The van der Waals surface area contributed by atoms with E-state index in [4.69, 9.17) is 18.5 Å². The van der Waals surface area contributed by atoms with Crippen LogP contribution in [-0.4, -0.2) is 73.8 Å². The van der Waals surface area contributed by atoms with Crippen LogP contribution >= 0.6 is 7.75 Å². The summed E-state index contributed by atoms with van der Waals surface area (Å²) in [6, 6.07) is 7.11. The number of aliphatic hydroxyl groups excluding tert-OH is 1. The summed E-state index contributed by atoms with van der Waals surface area (Å²) in [5.74, 6) is 0.000266. The van der Waals surface area contributed by atoms with Crippen LogP contribution in [0.5, 0.6) is 5.75 Å². The topological polar surface area (TPSA) is 159 Å². The Labute approximate surface area is 231 Å². The van der Waals surface area contributed by atoms with Crippen molar-refractivity contribution in [2.45, 2.75) is 70.9 Å². The zero-order valence-electron chi connectivity index (χ0n) is 22.9. The third-order valence-electron chi connectivity index (χ3n) is 6.11. The largest absolute Gasteiger partial charge is 0.462 e. The lowest BCUT2D eigenvalue weighted by molar-refractivity contribution is -0.149. The van der Waals surface area contributed by atoms with Gasteiger partial charge < -0.3 is 24.4 Å². The fraction of sp³-hybridized carbons (Fsp3) is 0.520. The van der Waals surface area contributed by atoms with Crippen LogP contribution in [0.15, 0.2) is 43.0 Å². The van der Waals surface area contributed by atoms with E-state index >= 15 is 4.39 Å². The highest BCUT2D eigenvalue weighted by Crippen LogP contribution is 2.48. The zero-order chi connectivity index (χ0) is 29.1. The Morgan fingerprint density at radius 1 is 1.25 bits per heavy atom. The lowest BCUT2D eigenvalue weighted by Crippen LogP contribution is -2.41. The summed E-state index contributed by atoms with van der Waals surface area (Å²) >= 11 is 0. The molecule has 218 valence electrons. The number of aromatic nitrogens is 4. The van der Waals surface area contributed by atoms with Crippen LogP contribution in [0.25, 0.3) is 11.2 Å². The first kappa shape index (κ1) is 29.8. The average Bonchev–Trinajstić information content (AvgIpc) is 3.42. The number of rotatable bonds is 12. The van der Waals surface area contributed by atoms with E-state index in [0.717, 1.165) is 0 Å². The summed E-state index contributed by atoms with van der Waals surface area (Å²) in [6.07, 6.45) is -2.02. The molecule has 0 amide bonds. The Balaban J connectivity index is 1.54. The number of ether oxygens (including phenoxy) is 2. The number of hydrogen-bond acceptors (Lipinski definition) is 11. The number of carbonyl (C=O) groups is 1. The quantitative estimate of drug-likeness (QED) is 0.212. The lowest BCUT2D eigenvalue weighted by atomic mass is 9.98. The van der Waals surface area contributed by atoms with Gasteiger partial charge >= 0.3 is 13.7 Å². The second-order valence-electron chi connectivity index (χ2n) is 9.73. The maximum Gasteiger partial charge on any atom is 0.459 e. The molecule has 2 aromatic heterocycles. The minimum atomic E-state index is -4.26. The van der Waals surface area contributed by atoms with Gasteiger partial charge in [0, 0.05) is 6.54 Å². The summed E-state index contributed by atoms with van der Waals surface area (Å²) in [5.41, 5.74) is -1.60. The van der Waals surface area contributed by atoms with E-state index in [1.807, 2.05) is 6.92 Å². The van der Waals surface area contributed by atoms with Gasteiger partial charge in [-0.3, -0.25) is 13.9 Å². The van der Waals surface area contributed by atoms with E-state index < -0.39 is 56.6 Å². The third-order valence-corrected chi connectivity index (χ3v) is 7.75. The van der Waals surface area contributed by atoms with Gasteiger partial charge in [0.05, 0.1) is 19.0 Å². The minimum Gasteiger partial charge on any atom is -0.462 e. The Morgan fingerprint density at radius 2 is 1.98 bits per heavy atom. The molecule has 0 bridgehead atoms. The monoisotopic (exact) mass is 580 g/mol. The molecule has 13 nitrogen and oxygen atoms in total. The van der Waals surface area contributed by atoms with Gasteiger partial charge in [0.1, 0.15) is 30.3 Å². The Hall–Kier alpha value is -3.16. The van der Waals surface area contributed by atoms with Crippen LogP contribution in [0.4, 0.5) is 10.2 Å². The molecule has 6 atom stereocenters. The van der Waals surface area contributed by atoms with Crippen LogP contribution in [0.1, 0.15) is 40.8 Å². The zero-order valence-corrected chi connectivity index (χ0v) is 23.7. The number of esters is 1. The van der Waals surface area contributed by atoms with Crippen LogP contribution in [0, 0.1) is 0 Å². The predicted molar refractivity (Wildman–Crippen MR) is 143 cm³/mol. The molecule has 0 unspecified atom stereocenters. The smallest absolute Gasteiger partial charge is 0.459 e. The summed E-state index contributed by atoms with van der Waals surface area (Å²) < 4.78 is 53.4. The summed E-state index contributed by atoms with van der Waals surface area (Å²) in [6.45, 7) is 7.94. The van der Waals surface area contributed by atoms with Gasteiger partial charge in [0.2, 0.25) is 0 Å². The lowest BCUT2D eigenvalue weighted by Gasteiger charge is -2.25. The number of hydrogen-bond donors (Lipinski definition) is 3. The van der Waals surface area contributed by atoms with Gasteiger partial charge in [0.15, 0.2) is 28.9 Å². The van der Waals surface area contributed by atoms with Gasteiger partial charge in [-0.15, -0.1) is 0 Å². The van der Waals surface area contributed by atoms with Crippen LogP contribution in [0.3, 0.4) is 0 Å². The van der Waals surface area contributed by atoms with Crippen molar-refractivity contribution in [3.63, 3.8) is 0 Å². The fourth-order valence-electron chi connectivity index (χ4n) is 4.18. The number of fused-ring (bicyclic) bond motifs is 1. The first-order valence-electron chi connectivity index (χ1n) is 12.9. The first-order valence-corrected chi connectivity index (χ1v) is 14.4. The number of halogens is 1. The number of anilines is 1. The number of alkyl halides is 1. The van der Waals surface area contributed by atoms with Crippen LogP contribution in [0.2, 0.25) is 0 Å². The van der Waals surface area contributed by atoms with Gasteiger partial charge in [-0.25, -0.2) is 23.9 Å². The number of carbonyl (C=O) groups excluding carboxylic acids is 1. The highest BCUT2D eigenvalue weighted by Gasteiger charge is 2.56. The van der Waals surface area contributed by atoms with E-state index in [9.17, 15) is 14.5 Å². The molecule has 1 aliphatic heterocycles. The van der Waals surface area contributed by atoms with Gasteiger partial charge in [-0.1, -0.05) is 18.2 Å². The Bertz CT molecular complexity index is 1360. The molecule has 0 aliphatic carbocycles. The molecule has 0 saturated carbocycles. The highest BCUT2D eigenvalue weighted by molar-refractivity contribution is 7.52. The molecule has 0 spiro atoms. The normalized spacial score (nSPS) is 25.1. The van der Waals surface area contributed by atoms with E-state index in [0.29, 0.717) is 23.5 Å². The van der Waals surface area contributed by atoms with Crippen molar-refractivity contribution >= 4 is 30.7 Å². The molecule has 1 fully saturated rings. The SMILES string of the molecule is CCNc1ncnc2c1ncn2[C@@H]1O[C@H](CO[P@](=O)(N[C@@H](C)C(=O)OC(C)C)Oc2ccccc2)[C@@H](O)[C@@]1(C)F. The second kappa shape index (κ2) is 12.1. The van der Waals surface area contributed by atoms with Gasteiger partial charge in [-0.2, -0.15) is 5.09 Å². The first-order chi connectivity index (χ1) is 18.9. The summed E-state index contributed by atoms with van der Waals surface area (Å²) in [5, 5.41) is 16.5. The molecule has 1 aliphatic rings. The number of aliphatic hydroxyl groups is 1. The summed E-state index contributed by atoms with van der Waals surface area (Å²) in [7, 11) is -4.26. The molecule has 3 aromatic rings. The molecule has 3 N–H and O–H groups in total. The maximum atomic E-state index is 15.9. The molecule has 40 heavy (non-hydrogen) atoms. The Morgan fingerprint density at radius 3 is 2.65 bits per heavy atom. The summed E-state index contributed by atoms with van der Waals surface area (Å²) in [4.78, 5) is 25.0. The highest BCUT2D eigenvalue weighted by atomic mass is 31.2. The average molecular weight is 581 g/mol. The predicted octanol–water partition coefficient (Wildman–Crippen LogP) is 3.38. The van der Waals surface area contributed by atoms with Crippen molar-refractivity contribution in [1.82, 2.24) is 24.6 Å². The maximum absolute atomic E-state index is 15.9. The van der Waals surface area contributed by atoms with Crippen molar-refractivity contribution in [1.29, 1.82) is 0 Å². The number of imidazole rings is 1. The molecular weight excluding hydrogens is 546 g/mol. The molecule has 15 heteroatoms. The molecule has 0 radical (unpaired) electrons. The van der Waals surface area contributed by atoms with E-state index in [1.54, 1.807) is 44.2 Å².